The molecule has 0 fully saturated rings. The van der Waals surface area contributed by atoms with E-state index in [1.54, 1.807) is 13.0 Å². The number of pyridine rings is 1. The van der Waals surface area contributed by atoms with Gasteiger partial charge < -0.3 is 10.1 Å². The fourth-order valence-electron chi connectivity index (χ4n) is 2.31. The van der Waals surface area contributed by atoms with Gasteiger partial charge in [-0.3, -0.25) is 9.78 Å². The van der Waals surface area contributed by atoms with Gasteiger partial charge in [-0.25, -0.2) is 0 Å². The van der Waals surface area contributed by atoms with E-state index in [0.717, 1.165) is 17.5 Å². The monoisotopic (exact) mass is 370 g/mol. The van der Waals surface area contributed by atoms with Crippen molar-refractivity contribution in [2.75, 3.05) is 0 Å². The second kappa shape index (κ2) is 8.16. The zero-order valence-electron chi connectivity index (χ0n) is 14.2. The van der Waals surface area contributed by atoms with Gasteiger partial charge in [-0.15, -0.1) is 0 Å². The third kappa shape index (κ3) is 5.18. The summed E-state index contributed by atoms with van der Waals surface area (Å²) in [7, 11) is 0. The van der Waals surface area contributed by atoms with E-state index in [1.807, 2.05) is 19.1 Å². The molecule has 1 aromatic heterocycles. The number of hydrogen-bond acceptors (Lipinski definition) is 3. The van der Waals surface area contributed by atoms with Crippen LogP contribution in [0.15, 0.2) is 42.5 Å². The quantitative estimate of drug-likeness (QED) is 0.750. The normalized spacial score (nSPS) is 12.7. The summed E-state index contributed by atoms with van der Waals surface area (Å²) in [5, 5.41) is 2.63. The maximum atomic E-state index is 13.2. The number of amides is 1. The third-order valence-electron chi connectivity index (χ3n) is 3.47. The van der Waals surface area contributed by atoms with E-state index in [9.17, 15) is 22.4 Å². The maximum Gasteiger partial charge on any atom is 0.461 e. The highest BCUT2D eigenvalue weighted by molar-refractivity contribution is 5.97. The van der Waals surface area contributed by atoms with Gasteiger partial charge in [-0.2, -0.15) is 17.6 Å². The lowest BCUT2D eigenvalue weighted by molar-refractivity contribution is -0.253. The molecule has 1 atom stereocenters. The van der Waals surface area contributed by atoms with Crippen molar-refractivity contribution in [3.63, 3.8) is 0 Å². The summed E-state index contributed by atoms with van der Waals surface area (Å²) in [4.78, 5) is 16.7. The van der Waals surface area contributed by atoms with Crippen molar-refractivity contribution in [1.29, 1.82) is 0 Å². The van der Waals surface area contributed by atoms with E-state index in [2.05, 4.69) is 15.0 Å². The number of aromatic nitrogens is 1. The summed E-state index contributed by atoms with van der Waals surface area (Å²) in [6.45, 7) is 3.56. The molecule has 1 aromatic carbocycles. The predicted molar refractivity (Wildman–Crippen MR) is 87.6 cm³/mol. The molecule has 1 amide bonds. The van der Waals surface area contributed by atoms with Gasteiger partial charge in [0.25, 0.3) is 5.91 Å². The first-order valence-electron chi connectivity index (χ1n) is 7.86. The molecule has 1 heterocycles. The van der Waals surface area contributed by atoms with Gasteiger partial charge in [0.05, 0.1) is 5.56 Å². The van der Waals surface area contributed by atoms with E-state index in [0.29, 0.717) is 6.42 Å². The summed E-state index contributed by atoms with van der Waals surface area (Å²) in [6, 6.07) is 10.1. The minimum absolute atomic E-state index is 0.253. The largest absolute Gasteiger partial charge is 0.461 e. The number of aryl methyl sites for hydroxylation is 1. The zero-order valence-corrected chi connectivity index (χ0v) is 14.2. The molecule has 8 heteroatoms. The first-order chi connectivity index (χ1) is 12.2. The minimum atomic E-state index is -4.69. The molecule has 0 aliphatic carbocycles. The number of carbonyl (C=O) groups excluding carboxylic acids is 1. The molecule has 0 aliphatic heterocycles. The van der Waals surface area contributed by atoms with Crippen LogP contribution in [-0.2, 0) is 6.42 Å². The van der Waals surface area contributed by atoms with Crippen LogP contribution in [0.1, 0.15) is 28.7 Å². The van der Waals surface area contributed by atoms with Crippen molar-refractivity contribution in [1.82, 2.24) is 10.3 Å². The highest BCUT2D eigenvalue weighted by Gasteiger charge is 2.44. The number of halogens is 4. The Labute approximate surface area is 148 Å². The van der Waals surface area contributed by atoms with Crippen molar-refractivity contribution < 1.29 is 27.1 Å². The van der Waals surface area contributed by atoms with Crippen LogP contribution in [0.3, 0.4) is 0 Å². The summed E-state index contributed by atoms with van der Waals surface area (Å²) in [6.07, 6.45) is -8.28. The zero-order chi connectivity index (χ0) is 19.3. The Morgan fingerprint density at radius 1 is 1.19 bits per heavy atom. The van der Waals surface area contributed by atoms with Crippen LogP contribution in [0, 0.1) is 6.92 Å². The summed E-state index contributed by atoms with van der Waals surface area (Å²) >= 11 is 0. The van der Waals surface area contributed by atoms with Crippen LogP contribution in [0.5, 0.6) is 5.75 Å². The Balaban J connectivity index is 2.09. The number of benzene rings is 1. The first-order valence-corrected chi connectivity index (χ1v) is 7.86. The molecule has 0 saturated carbocycles. The second-order valence-electron chi connectivity index (χ2n) is 5.81. The van der Waals surface area contributed by atoms with Crippen LogP contribution >= 0.6 is 0 Å². The average Bonchev–Trinajstić information content (AvgIpc) is 2.54. The van der Waals surface area contributed by atoms with Gasteiger partial charge in [0, 0.05) is 23.9 Å². The molecular formula is C18H18F4N2O2. The van der Waals surface area contributed by atoms with Gasteiger partial charge in [-0.05, 0) is 38.1 Å². The Morgan fingerprint density at radius 2 is 1.88 bits per heavy atom. The van der Waals surface area contributed by atoms with E-state index in [4.69, 9.17) is 0 Å². The molecular weight excluding hydrogens is 352 g/mol. The second-order valence-corrected chi connectivity index (χ2v) is 5.81. The Morgan fingerprint density at radius 3 is 2.54 bits per heavy atom. The predicted octanol–water partition coefficient (Wildman–Crippen LogP) is 3.99. The molecule has 0 aliphatic rings. The third-order valence-corrected chi connectivity index (χ3v) is 3.47. The lowest BCUT2D eigenvalue weighted by Gasteiger charge is -2.20. The summed E-state index contributed by atoms with van der Waals surface area (Å²) < 4.78 is 55.0. The van der Waals surface area contributed by atoms with Crippen LogP contribution in [0.25, 0.3) is 0 Å². The topological polar surface area (TPSA) is 51.2 Å². The molecule has 0 radical (unpaired) electrons. The standard InChI is InChI=1S/C18H18F4N2O2/c1-11-6-5-7-13(23-11)10-12(2)24-16(25)14-8-3-4-9-15(14)26-18(21,22)17(19)20/h3-9,12,17H,10H2,1-2H3,(H,24,25). The van der Waals surface area contributed by atoms with Crippen molar-refractivity contribution in [3.05, 3.63) is 59.4 Å². The van der Waals surface area contributed by atoms with E-state index in [1.165, 1.54) is 18.2 Å². The summed E-state index contributed by atoms with van der Waals surface area (Å²) in [5.74, 6) is -1.32. The molecule has 1 N–H and O–H groups in total. The summed E-state index contributed by atoms with van der Waals surface area (Å²) in [5.41, 5.74) is 1.33. The SMILES string of the molecule is Cc1cccc(CC(C)NC(=O)c2ccccc2OC(F)(F)C(F)F)n1. The number of nitrogens with one attached hydrogen (secondary N) is 1. The average molecular weight is 370 g/mol. The molecule has 0 spiro atoms. The number of ether oxygens (including phenoxy) is 1. The van der Waals surface area contributed by atoms with Crippen LogP contribution in [0.2, 0.25) is 0 Å². The molecule has 2 aromatic rings. The van der Waals surface area contributed by atoms with Crippen LogP contribution < -0.4 is 10.1 Å². The molecule has 140 valence electrons. The van der Waals surface area contributed by atoms with Crippen molar-refractivity contribution in [2.24, 2.45) is 0 Å². The Hall–Kier alpha value is -2.64. The molecule has 26 heavy (non-hydrogen) atoms. The Bertz CT molecular complexity index is 768. The van der Waals surface area contributed by atoms with Gasteiger partial charge in [0.15, 0.2) is 0 Å². The number of para-hydroxylation sites is 1. The van der Waals surface area contributed by atoms with E-state index in [-0.39, 0.29) is 11.6 Å². The van der Waals surface area contributed by atoms with Crippen molar-refractivity contribution >= 4 is 5.91 Å². The molecule has 0 saturated heterocycles. The highest BCUT2D eigenvalue weighted by Crippen LogP contribution is 2.29. The number of nitrogens with zero attached hydrogens (tertiary/aromatic N) is 1. The van der Waals surface area contributed by atoms with Gasteiger partial charge >= 0.3 is 12.5 Å². The van der Waals surface area contributed by atoms with E-state index < -0.39 is 24.2 Å². The number of hydrogen-bond donors (Lipinski definition) is 1. The van der Waals surface area contributed by atoms with Crippen molar-refractivity contribution in [3.8, 4) is 5.75 Å². The lowest BCUT2D eigenvalue weighted by Crippen LogP contribution is -2.36. The fraction of sp³-hybridized carbons (Fsp3) is 0.333. The number of alkyl halides is 4. The molecule has 1 unspecified atom stereocenters. The first kappa shape index (κ1) is 19.7. The number of carbonyl (C=O) groups is 1. The Kier molecular flexibility index (Phi) is 6.18. The van der Waals surface area contributed by atoms with Gasteiger partial charge in [0.1, 0.15) is 5.75 Å². The minimum Gasteiger partial charge on any atom is -0.427 e. The van der Waals surface area contributed by atoms with Crippen LogP contribution in [0.4, 0.5) is 17.6 Å². The maximum absolute atomic E-state index is 13.2. The smallest absolute Gasteiger partial charge is 0.427 e. The van der Waals surface area contributed by atoms with Gasteiger partial charge in [-0.1, -0.05) is 18.2 Å². The fourth-order valence-corrected chi connectivity index (χ4v) is 2.31. The van der Waals surface area contributed by atoms with Crippen molar-refractivity contribution in [2.45, 2.75) is 38.8 Å². The highest BCUT2D eigenvalue weighted by atomic mass is 19.3. The molecule has 4 nitrogen and oxygen atoms in total. The van der Waals surface area contributed by atoms with Crippen LogP contribution in [-0.4, -0.2) is 29.5 Å². The number of rotatable bonds is 7. The van der Waals surface area contributed by atoms with E-state index >= 15 is 0 Å². The van der Waals surface area contributed by atoms with Gasteiger partial charge in [0.2, 0.25) is 0 Å². The molecule has 0 bridgehead atoms. The lowest BCUT2D eigenvalue weighted by atomic mass is 10.1. The molecule has 2 rings (SSSR count).